The molecule has 112 valence electrons. The van der Waals surface area contributed by atoms with Gasteiger partial charge in [0.2, 0.25) is 0 Å². The average molecular weight is 324 g/mol. The van der Waals surface area contributed by atoms with Gasteiger partial charge in [0, 0.05) is 29.2 Å². The molecular weight excluding hydrogens is 306 g/mol. The van der Waals surface area contributed by atoms with Crippen molar-refractivity contribution in [3.63, 3.8) is 0 Å². The van der Waals surface area contributed by atoms with Crippen molar-refractivity contribution >= 4 is 23.4 Å². The highest BCUT2D eigenvalue weighted by Crippen LogP contribution is 2.34. The van der Waals surface area contributed by atoms with Crippen LogP contribution in [0.3, 0.4) is 0 Å². The van der Waals surface area contributed by atoms with Crippen molar-refractivity contribution in [1.29, 1.82) is 0 Å². The van der Waals surface area contributed by atoms with E-state index < -0.39 is 0 Å². The summed E-state index contributed by atoms with van der Waals surface area (Å²) in [6.07, 6.45) is 1.49. The molecule has 0 bridgehead atoms. The van der Waals surface area contributed by atoms with Crippen molar-refractivity contribution < 1.29 is 0 Å². The van der Waals surface area contributed by atoms with Crippen LogP contribution in [0.15, 0.2) is 45.3 Å². The minimum absolute atomic E-state index is 0.0174. The summed E-state index contributed by atoms with van der Waals surface area (Å²) in [6, 6.07) is 7.17. The fourth-order valence-electron chi connectivity index (χ4n) is 1.67. The molecule has 6 heteroatoms. The molecule has 1 aromatic carbocycles. The van der Waals surface area contributed by atoms with Crippen LogP contribution in [0.1, 0.15) is 26.3 Å². The molecular formula is C15H18ClN3OS. The van der Waals surface area contributed by atoms with Crippen LogP contribution in [0, 0.1) is 0 Å². The molecule has 2 N–H and O–H groups in total. The van der Waals surface area contributed by atoms with E-state index in [1.54, 1.807) is 0 Å². The van der Waals surface area contributed by atoms with Crippen LogP contribution in [0.2, 0.25) is 5.02 Å². The van der Waals surface area contributed by atoms with Gasteiger partial charge in [0.05, 0.1) is 5.02 Å². The summed E-state index contributed by atoms with van der Waals surface area (Å²) in [6.45, 7) is 7.03. The highest BCUT2D eigenvalue weighted by atomic mass is 35.5. The average Bonchev–Trinajstić information content (AvgIpc) is 2.39. The standard InChI is InChI=1S/C15H18ClN3OS/c1-15(2,3)18-9-10-5-4-6-11(16)13(10)21-14-17-8-7-12(20)19-14/h4-8,18H,9H2,1-3H3,(H,17,19,20). The number of rotatable bonds is 4. The van der Waals surface area contributed by atoms with Gasteiger partial charge >= 0.3 is 0 Å². The molecule has 0 unspecified atom stereocenters. The molecule has 0 atom stereocenters. The van der Waals surface area contributed by atoms with Gasteiger partial charge in [-0.1, -0.05) is 23.7 Å². The maximum Gasteiger partial charge on any atom is 0.251 e. The first kappa shape index (κ1) is 16.1. The van der Waals surface area contributed by atoms with E-state index in [0.717, 1.165) is 10.5 Å². The second-order valence-electron chi connectivity index (χ2n) is 5.67. The minimum Gasteiger partial charge on any atom is -0.308 e. The molecule has 0 aliphatic carbocycles. The summed E-state index contributed by atoms with van der Waals surface area (Å²) in [5.74, 6) is 0. The molecule has 0 aliphatic rings. The highest BCUT2D eigenvalue weighted by molar-refractivity contribution is 7.99. The van der Waals surface area contributed by atoms with E-state index in [4.69, 9.17) is 11.6 Å². The van der Waals surface area contributed by atoms with Crippen LogP contribution in [0.4, 0.5) is 0 Å². The van der Waals surface area contributed by atoms with Crippen LogP contribution in [-0.4, -0.2) is 15.5 Å². The maximum absolute atomic E-state index is 11.4. The summed E-state index contributed by atoms with van der Waals surface area (Å²) < 4.78 is 0. The molecule has 2 rings (SSSR count). The zero-order valence-corrected chi connectivity index (χ0v) is 13.8. The topological polar surface area (TPSA) is 57.8 Å². The molecule has 0 amide bonds. The second-order valence-corrected chi connectivity index (χ2v) is 7.08. The van der Waals surface area contributed by atoms with E-state index in [1.807, 2.05) is 18.2 Å². The van der Waals surface area contributed by atoms with Crippen LogP contribution in [0.25, 0.3) is 0 Å². The molecule has 0 radical (unpaired) electrons. The molecule has 1 heterocycles. The Hall–Kier alpha value is -1.30. The number of benzene rings is 1. The molecule has 21 heavy (non-hydrogen) atoms. The fraction of sp³-hybridized carbons (Fsp3) is 0.333. The van der Waals surface area contributed by atoms with Crippen molar-refractivity contribution in [3.05, 3.63) is 51.4 Å². The minimum atomic E-state index is -0.172. The Balaban J connectivity index is 2.27. The largest absolute Gasteiger partial charge is 0.308 e. The van der Waals surface area contributed by atoms with E-state index in [-0.39, 0.29) is 11.1 Å². The second kappa shape index (κ2) is 6.64. The van der Waals surface area contributed by atoms with Gasteiger partial charge in [-0.3, -0.25) is 4.79 Å². The summed E-state index contributed by atoms with van der Waals surface area (Å²) >= 11 is 7.67. The lowest BCUT2D eigenvalue weighted by atomic mass is 10.1. The van der Waals surface area contributed by atoms with Gasteiger partial charge in [-0.2, -0.15) is 0 Å². The number of H-pyrrole nitrogens is 1. The van der Waals surface area contributed by atoms with Gasteiger partial charge in [-0.15, -0.1) is 0 Å². The fourth-order valence-corrected chi connectivity index (χ4v) is 2.87. The van der Waals surface area contributed by atoms with E-state index in [9.17, 15) is 4.79 Å². The van der Waals surface area contributed by atoms with E-state index in [2.05, 4.69) is 36.1 Å². The third-order valence-corrected chi connectivity index (χ3v) is 4.22. The molecule has 0 spiro atoms. The van der Waals surface area contributed by atoms with Gasteiger partial charge in [0.25, 0.3) is 5.56 Å². The number of hydrogen-bond acceptors (Lipinski definition) is 4. The molecule has 0 fully saturated rings. The first-order chi connectivity index (χ1) is 9.85. The first-order valence-electron chi connectivity index (χ1n) is 6.61. The van der Waals surface area contributed by atoms with Gasteiger partial charge in [0.1, 0.15) is 0 Å². The zero-order chi connectivity index (χ0) is 15.5. The maximum atomic E-state index is 11.4. The van der Waals surface area contributed by atoms with E-state index in [0.29, 0.717) is 16.7 Å². The van der Waals surface area contributed by atoms with Crippen molar-refractivity contribution in [1.82, 2.24) is 15.3 Å². The quantitative estimate of drug-likeness (QED) is 0.846. The summed E-state index contributed by atoms with van der Waals surface area (Å²) in [7, 11) is 0. The van der Waals surface area contributed by atoms with Gasteiger partial charge in [-0.25, -0.2) is 4.98 Å². The van der Waals surface area contributed by atoms with Gasteiger partial charge < -0.3 is 10.3 Å². The van der Waals surface area contributed by atoms with Crippen LogP contribution in [0.5, 0.6) is 0 Å². The zero-order valence-electron chi connectivity index (χ0n) is 12.2. The van der Waals surface area contributed by atoms with Gasteiger partial charge in [-0.05, 0) is 44.2 Å². The number of halogens is 1. The van der Waals surface area contributed by atoms with Crippen molar-refractivity contribution in [2.75, 3.05) is 0 Å². The third-order valence-electron chi connectivity index (χ3n) is 2.70. The lowest BCUT2D eigenvalue weighted by Gasteiger charge is -2.21. The predicted molar refractivity (Wildman–Crippen MR) is 87.0 cm³/mol. The van der Waals surface area contributed by atoms with Crippen LogP contribution < -0.4 is 10.9 Å². The smallest absolute Gasteiger partial charge is 0.251 e. The van der Waals surface area contributed by atoms with E-state index in [1.165, 1.54) is 24.0 Å². The summed E-state index contributed by atoms with van der Waals surface area (Å²) in [5, 5.41) is 4.63. The lowest BCUT2D eigenvalue weighted by Crippen LogP contribution is -2.35. The number of hydrogen-bond donors (Lipinski definition) is 2. The number of nitrogens with one attached hydrogen (secondary N) is 2. The molecule has 1 aromatic heterocycles. The Morgan fingerprint density at radius 3 is 2.76 bits per heavy atom. The molecule has 0 saturated carbocycles. The highest BCUT2D eigenvalue weighted by Gasteiger charge is 2.13. The predicted octanol–water partition coefficient (Wildman–Crippen LogP) is 3.46. The van der Waals surface area contributed by atoms with Gasteiger partial charge in [0.15, 0.2) is 5.16 Å². The van der Waals surface area contributed by atoms with Crippen molar-refractivity contribution in [2.45, 2.75) is 42.9 Å². The van der Waals surface area contributed by atoms with Crippen molar-refractivity contribution in [3.8, 4) is 0 Å². The summed E-state index contributed by atoms with van der Waals surface area (Å²) in [4.78, 5) is 19.1. The number of nitrogens with zero attached hydrogens (tertiary/aromatic N) is 1. The first-order valence-corrected chi connectivity index (χ1v) is 7.80. The number of aromatic nitrogens is 2. The number of aromatic amines is 1. The van der Waals surface area contributed by atoms with Crippen LogP contribution >= 0.6 is 23.4 Å². The van der Waals surface area contributed by atoms with Crippen LogP contribution in [-0.2, 0) is 6.54 Å². The Morgan fingerprint density at radius 2 is 2.10 bits per heavy atom. The Bertz CT molecular complexity index is 679. The molecule has 0 aliphatic heterocycles. The van der Waals surface area contributed by atoms with Crippen molar-refractivity contribution in [2.24, 2.45) is 0 Å². The molecule has 4 nitrogen and oxygen atoms in total. The molecule has 2 aromatic rings. The Morgan fingerprint density at radius 1 is 1.33 bits per heavy atom. The lowest BCUT2D eigenvalue weighted by molar-refractivity contribution is 0.422. The molecule has 0 saturated heterocycles. The normalized spacial score (nSPS) is 11.6. The van der Waals surface area contributed by atoms with E-state index >= 15 is 0 Å². The third kappa shape index (κ3) is 4.88. The Kier molecular flexibility index (Phi) is 5.08. The Labute approximate surface area is 133 Å². The summed E-state index contributed by atoms with van der Waals surface area (Å²) in [5.41, 5.74) is 0.923. The SMILES string of the molecule is CC(C)(C)NCc1cccc(Cl)c1Sc1nccc(=O)[nH]1. The monoisotopic (exact) mass is 323 g/mol.